The fourth-order valence-electron chi connectivity index (χ4n) is 4.98. The second kappa shape index (κ2) is 17.5. The van der Waals surface area contributed by atoms with Crippen molar-refractivity contribution in [2.45, 2.75) is 89.3 Å². The molecule has 2 fully saturated rings. The number of hydrogen-bond acceptors (Lipinski definition) is 7. The van der Waals surface area contributed by atoms with Gasteiger partial charge < -0.3 is 35.3 Å². The Morgan fingerprint density at radius 2 is 1.07 bits per heavy atom. The third-order valence-corrected chi connectivity index (χ3v) is 8.03. The summed E-state index contributed by atoms with van der Waals surface area (Å²) in [5.74, 6) is -2.91. The molecule has 2 unspecified atom stereocenters. The van der Waals surface area contributed by atoms with E-state index < -0.39 is 23.1 Å². The smallest absolute Gasteiger partial charge is 0.547 e. The van der Waals surface area contributed by atoms with Crippen LogP contribution in [0.1, 0.15) is 83.6 Å². The molecule has 1 radical (unpaired) electrons. The van der Waals surface area contributed by atoms with Crippen molar-refractivity contribution >= 4 is 34.8 Å². The Balaban J connectivity index is 0.000000299. The van der Waals surface area contributed by atoms with Crippen LogP contribution >= 0.6 is 12.2 Å². The minimum Gasteiger partial charge on any atom is -0.547 e. The molecule has 0 saturated heterocycles. The van der Waals surface area contributed by atoms with E-state index in [2.05, 4.69) is 5.32 Å². The Morgan fingerprint density at radius 1 is 0.725 bits per heavy atom. The predicted molar refractivity (Wildman–Crippen MR) is 153 cm³/mol. The van der Waals surface area contributed by atoms with Crippen LogP contribution in [0, 0.1) is 11.8 Å². The van der Waals surface area contributed by atoms with Gasteiger partial charge in [-0.15, -0.1) is 0 Å². The van der Waals surface area contributed by atoms with Crippen molar-refractivity contribution in [3.8, 4) is 0 Å². The molecular weight excluding hydrogens is 578 g/mol. The average Bonchev–Trinajstić information content (AvgIpc) is 2.95. The van der Waals surface area contributed by atoms with Crippen LogP contribution in [0.4, 0.5) is 5.69 Å². The number of benzene rings is 2. The Bertz CT molecular complexity index is 996. The molecule has 3 N–H and O–H groups in total. The van der Waals surface area contributed by atoms with Crippen molar-refractivity contribution in [3.05, 3.63) is 66.2 Å². The molecule has 2 aliphatic rings. The summed E-state index contributed by atoms with van der Waals surface area (Å²) in [6.45, 7) is 2.69. The fourth-order valence-corrected chi connectivity index (χ4v) is 5.23. The first-order chi connectivity index (χ1) is 18.5. The largest absolute Gasteiger partial charge is 2.00 e. The molecular formula is C31H41CuNO6S. The van der Waals surface area contributed by atoms with Gasteiger partial charge in [-0.2, -0.15) is 0 Å². The van der Waals surface area contributed by atoms with Crippen LogP contribution in [-0.2, 0) is 26.7 Å². The molecule has 2 atom stereocenters. The normalized spacial score (nSPS) is 18.5. The number of rotatable bonds is 6. The molecule has 9 heteroatoms. The van der Waals surface area contributed by atoms with Gasteiger partial charge in [0.15, 0.2) is 0 Å². The minimum atomic E-state index is -1.62. The van der Waals surface area contributed by atoms with E-state index in [4.69, 9.17) is 12.2 Å². The van der Waals surface area contributed by atoms with Crippen LogP contribution in [-0.4, -0.2) is 38.3 Å². The third kappa shape index (κ3) is 11.3. The van der Waals surface area contributed by atoms with Gasteiger partial charge >= 0.3 is 17.1 Å². The van der Waals surface area contributed by atoms with Crippen LogP contribution in [0.25, 0.3) is 0 Å². The van der Waals surface area contributed by atoms with Crippen LogP contribution in [0.15, 0.2) is 60.7 Å². The van der Waals surface area contributed by atoms with Crippen molar-refractivity contribution in [1.82, 2.24) is 0 Å². The molecule has 0 heterocycles. The summed E-state index contributed by atoms with van der Waals surface area (Å²) in [6, 6.07) is 19.9. The van der Waals surface area contributed by atoms with Crippen molar-refractivity contribution < 1.29 is 47.1 Å². The molecule has 2 aromatic carbocycles. The molecule has 2 aromatic rings. The van der Waals surface area contributed by atoms with E-state index in [0.717, 1.165) is 80.4 Å². The van der Waals surface area contributed by atoms with Gasteiger partial charge in [0.1, 0.15) is 16.2 Å². The van der Waals surface area contributed by atoms with Crippen LogP contribution in [0.2, 0.25) is 0 Å². The van der Waals surface area contributed by atoms with E-state index in [1.54, 1.807) is 0 Å². The van der Waals surface area contributed by atoms with Crippen molar-refractivity contribution in [2.75, 3.05) is 5.32 Å². The average molecular weight is 619 g/mol. The topological polar surface area (TPSA) is 133 Å². The maximum absolute atomic E-state index is 10.6. The van der Waals surface area contributed by atoms with Crippen LogP contribution in [0.3, 0.4) is 0 Å². The van der Waals surface area contributed by atoms with Gasteiger partial charge in [0.05, 0.1) is 11.9 Å². The number of carbonyl (C=O) groups excluding carboxylic acids is 2. The Kier molecular flexibility index (Phi) is 15.6. The third-order valence-electron chi connectivity index (χ3n) is 7.69. The number of aliphatic carboxylic acids is 2. The summed E-state index contributed by atoms with van der Waals surface area (Å²) in [5.41, 5.74) is -1.19. The summed E-state index contributed by atoms with van der Waals surface area (Å²) in [7, 11) is 0. The van der Waals surface area contributed by atoms with Crippen molar-refractivity contribution in [2.24, 2.45) is 11.8 Å². The quantitative estimate of drug-likeness (QED) is 0.330. The van der Waals surface area contributed by atoms with E-state index >= 15 is 0 Å². The van der Waals surface area contributed by atoms with Crippen LogP contribution in [0.5, 0.6) is 0 Å². The molecule has 4 rings (SSSR count). The Hall–Kier alpha value is -2.29. The number of anilines is 1. The van der Waals surface area contributed by atoms with Gasteiger partial charge in [-0.3, -0.25) is 0 Å². The molecule has 223 valence electrons. The Labute approximate surface area is 253 Å². The van der Waals surface area contributed by atoms with Gasteiger partial charge in [0, 0.05) is 11.3 Å². The number of aliphatic hydroxyl groups is 2. The maximum Gasteiger partial charge on any atom is 2.00 e. The molecule has 0 aromatic heterocycles. The summed E-state index contributed by atoms with van der Waals surface area (Å²) in [4.78, 5) is 21.9. The molecule has 0 spiro atoms. The van der Waals surface area contributed by atoms with Crippen molar-refractivity contribution in [3.63, 3.8) is 0 Å². The van der Waals surface area contributed by atoms with Gasteiger partial charge in [-0.1, -0.05) is 99.3 Å². The monoisotopic (exact) mass is 618 g/mol. The molecule has 0 bridgehead atoms. The number of para-hydroxylation sites is 1. The molecule has 2 saturated carbocycles. The predicted octanol–water partition coefficient (Wildman–Crippen LogP) is 3.61. The molecule has 0 amide bonds. The molecule has 7 nitrogen and oxygen atoms in total. The number of nitrogens with one attached hydrogen (secondary N) is 1. The fraction of sp³-hybridized carbons (Fsp3) is 0.516. The zero-order valence-electron chi connectivity index (χ0n) is 23.2. The van der Waals surface area contributed by atoms with Crippen molar-refractivity contribution in [1.29, 1.82) is 0 Å². The van der Waals surface area contributed by atoms with Crippen LogP contribution < -0.4 is 15.5 Å². The minimum absolute atomic E-state index is 0. The van der Waals surface area contributed by atoms with Gasteiger partial charge in [-0.05, 0) is 63.5 Å². The molecule has 2 aliphatic carbocycles. The first kappa shape index (κ1) is 35.7. The second-order valence-corrected chi connectivity index (χ2v) is 11.1. The maximum atomic E-state index is 10.6. The van der Waals surface area contributed by atoms with E-state index in [-0.39, 0.29) is 28.9 Å². The van der Waals surface area contributed by atoms with Gasteiger partial charge in [-0.25, -0.2) is 0 Å². The standard InChI is InChI=1S/C13H11NS.2C9H16O3.Cu/c15-13(11-7-3-1-4-8-11)14-12-9-5-2-6-10-12;2*1-9(12,8(10)11)7-5-3-2-4-6-7;/h1-10H,(H,14,15);2*7,12H,2-6H2,1H3,(H,10,11);/q;;;+2/p-2. The number of carbonyl (C=O) groups is 2. The number of thiocarbonyl (C=S) groups is 1. The first-order valence-corrected chi connectivity index (χ1v) is 14.2. The number of carboxylic acid groups (broad SMARTS) is 2. The zero-order valence-corrected chi connectivity index (χ0v) is 25.0. The van der Waals surface area contributed by atoms with E-state index in [9.17, 15) is 30.0 Å². The first-order valence-electron chi connectivity index (χ1n) is 13.7. The summed E-state index contributed by atoms with van der Waals surface area (Å²) >= 11 is 5.29. The molecule has 0 aliphatic heterocycles. The number of hydrogen-bond donors (Lipinski definition) is 3. The van der Waals surface area contributed by atoms with Gasteiger partial charge in [0.2, 0.25) is 0 Å². The van der Waals surface area contributed by atoms with E-state index in [1.165, 1.54) is 13.8 Å². The second-order valence-electron chi connectivity index (χ2n) is 10.7. The summed E-state index contributed by atoms with van der Waals surface area (Å²) in [6.07, 6.45) is 9.62. The Morgan fingerprint density at radius 3 is 1.43 bits per heavy atom. The van der Waals surface area contributed by atoms with Gasteiger partial charge in [0.25, 0.3) is 0 Å². The zero-order chi connectivity index (χ0) is 28.9. The van der Waals surface area contributed by atoms with E-state index in [0.29, 0.717) is 0 Å². The number of carboxylic acids is 2. The van der Waals surface area contributed by atoms with E-state index in [1.807, 2.05) is 60.7 Å². The summed E-state index contributed by atoms with van der Waals surface area (Å²) < 4.78 is 0. The SMILES string of the molecule is CC(O)(C(=O)[O-])C1CCCCC1.CC(O)(C(=O)[O-])C1CCCCC1.S=C(Nc1ccccc1)c1ccccc1.[Cu+2]. The summed E-state index contributed by atoms with van der Waals surface area (Å²) in [5, 5.41) is 43.4. The molecule has 40 heavy (non-hydrogen) atoms.